The van der Waals surface area contributed by atoms with Crippen molar-refractivity contribution in [3.8, 4) is 0 Å². The normalized spacial score (nSPS) is 13.0. The second kappa shape index (κ2) is 8.02. The maximum absolute atomic E-state index is 11.8. The standard InChI is InChI=1S/C15H20F3NO2/c1-3-12-4-6-13(7-5-12)11(2)19-14(20)8-9-21-10-15(16,17)18/h4-7,11H,3,8-10H2,1-2H3,(H,19,20). The van der Waals surface area contributed by atoms with E-state index >= 15 is 0 Å². The lowest BCUT2D eigenvalue weighted by atomic mass is 10.0. The largest absolute Gasteiger partial charge is 0.411 e. The zero-order valence-corrected chi connectivity index (χ0v) is 12.2. The smallest absolute Gasteiger partial charge is 0.372 e. The van der Waals surface area contributed by atoms with Crippen LogP contribution in [0.25, 0.3) is 0 Å². The van der Waals surface area contributed by atoms with Gasteiger partial charge in [0.2, 0.25) is 5.91 Å². The van der Waals surface area contributed by atoms with Gasteiger partial charge in [-0.15, -0.1) is 0 Å². The molecule has 0 aliphatic carbocycles. The molecule has 1 amide bonds. The Bertz CT molecular complexity index is 443. The first kappa shape index (κ1) is 17.5. The molecule has 1 rings (SSSR count). The van der Waals surface area contributed by atoms with Crippen molar-refractivity contribution in [2.75, 3.05) is 13.2 Å². The molecule has 0 saturated heterocycles. The van der Waals surface area contributed by atoms with E-state index in [0.29, 0.717) is 0 Å². The predicted octanol–water partition coefficient (Wildman–Crippen LogP) is 3.40. The molecule has 0 heterocycles. The van der Waals surface area contributed by atoms with Crippen molar-refractivity contribution in [1.29, 1.82) is 0 Å². The Morgan fingerprint density at radius 3 is 2.43 bits per heavy atom. The molecular formula is C15H20F3NO2. The lowest BCUT2D eigenvalue weighted by Crippen LogP contribution is -2.28. The molecule has 21 heavy (non-hydrogen) atoms. The average Bonchev–Trinajstić information content (AvgIpc) is 2.42. The van der Waals surface area contributed by atoms with Crippen molar-refractivity contribution in [3.05, 3.63) is 35.4 Å². The van der Waals surface area contributed by atoms with E-state index in [1.54, 1.807) is 0 Å². The van der Waals surface area contributed by atoms with Gasteiger partial charge in [0, 0.05) is 6.42 Å². The van der Waals surface area contributed by atoms with E-state index in [1.165, 1.54) is 5.56 Å². The topological polar surface area (TPSA) is 38.3 Å². The third-order valence-electron chi connectivity index (χ3n) is 3.00. The number of hydrogen-bond acceptors (Lipinski definition) is 2. The zero-order valence-electron chi connectivity index (χ0n) is 12.2. The van der Waals surface area contributed by atoms with Gasteiger partial charge in [0.15, 0.2) is 0 Å². The van der Waals surface area contributed by atoms with Crippen LogP contribution in [-0.2, 0) is 16.0 Å². The fraction of sp³-hybridized carbons (Fsp3) is 0.533. The molecule has 0 radical (unpaired) electrons. The number of carbonyl (C=O) groups excluding carboxylic acids is 1. The van der Waals surface area contributed by atoms with Gasteiger partial charge in [0.25, 0.3) is 0 Å². The summed E-state index contributed by atoms with van der Waals surface area (Å²) in [5, 5.41) is 2.73. The maximum atomic E-state index is 11.8. The second-order valence-electron chi connectivity index (χ2n) is 4.80. The van der Waals surface area contributed by atoms with Crippen LogP contribution in [0.2, 0.25) is 0 Å². The van der Waals surface area contributed by atoms with Gasteiger partial charge in [0.1, 0.15) is 6.61 Å². The van der Waals surface area contributed by atoms with Gasteiger partial charge in [0.05, 0.1) is 12.6 Å². The van der Waals surface area contributed by atoms with E-state index in [1.807, 2.05) is 31.2 Å². The molecule has 1 aromatic rings. The molecule has 0 fully saturated rings. The highest BCUT2D eigenvalue weighted by molar-refractivity contribution is 5.76. The van der Waals surface area contributed by atoms with Crippen molar-refractivity contribution in [2.45, 2.75) is 38.9 Å². The van der Waals surface area contributed by atoms with Gasteiger partial charge in [-0.05, 0) is 24.5 Å². The summed E-state index contributed by atoms with van der Waals surface area (Å²) < 4.78 is 39.9. The Hall–Kier alpha value is -1.56. The molecule has 1 N–H and O–H groups in total. The van der Waals surface area contributed by atoms with Crippen LogP contribution in [0, 0.1) is 0 Å². The monoisotopic (exact) mass is 303 g/mol. The van der Waals surface area contributed by atoms with E-state index < -0.39 is 12.8 Å². The molecule has 1 atom stereocenters. The molecule has 0 spiro atoms. The number of rotatable bonds is 7. The fourth-order valence-corrected chi connectivity index (χ4v) is 1.79. The predicted molar refractivity (Wildman–Crippen MR) is 73.9 cm³/mol. The zero-order chi connectivity index (χ0) is 15.9. The summed E-state index contributed by atoms with van der Waals surface area (Å²) in [5.74, 6) is -0.329. The van der Waals surface area contributed by atoms with Crippen LogP contribution in [0.4, 0.5) is 13.2 Å². The van der Waals surface area contributed by atoms with Crippen molar-refractivity contribution in [3.63, 3.8) is 0 Å². The number of nitrogens with one attached hydrogen (secondary N) is 1. The molecule has 0 aliphatic heterocycles. The molecule has 0 aliphatic rings. The number of hydrogen-bond donors (Lipinski definition) is 1. The number of ether oxygens (including phenoxy) is 1. The molecular weight excluding hydrogens is 283 g/mol. The highest BCUT2D eigenvalue weighted by Gasteiger charge is 2.27. The van der Waals surface area contributed by atoms with Crippen molar-refractivity contribution >= 4 is 5.91 Å². The Morgan fingerprint density at radius 1 is 1.29 bits per heavy atom. The van der Waals surface area contributed by atoms with E-state index in [2.05, 4.69) is 17.0 Å². The first-order chi connectivity index (χ1) is 9.81. The summed E-state index contributed by atoms with van der Waals surface area (Å²) >= 11 is 0. The molecule has 0 saturated carbocycles. The van der Waals surface area contributed by atoms with Gasteiger partial charge in [-0.1, -0.05) is 31.2 Å². The van der Waals surface area contributed by atoms with Gasteiger partial charge in [-0.2, -0.15) is 13.2 Å². The minimum absolute atomic E-state index is 0.0898. The minimum atomic E-state index is -4.36. The van der Waals surface area contributed by atoms with Crippen LogP contribution in [0.15, 0.2) is 24.3 Å². The first-order valence-electron chi connectivity index (χ1n) is 6.84. The van der Waals surface area contributed by atoms with Gasteiger partial charge in [-0.25, -0.2) is 0 Å². The third-order valence-corrected chi connectivity index (χ3v) is 3.00. The van der Waals surface area contributed by atoms with Crippen molar-refractivity contribution in [1.82, 2.24) is 5.32 Å². The van der Waals surface area contributed by atoms with Crippen LogP contribution in [0.5, 0.6) is 0 Å². The summed E-state index contributed by atoms with van der Waals surface area (Å²) in [4.78, 5) is 11.6. The third kappa shape index (κ3) is 7.13. The fourth-order valence-electron chi connectivity index (χ4n) is 1.79. The molecule has 0 aromatic heterocycles. The highest BCUT2D eigenvalue weighted by Crippen LogP contribution is 2.15. The quantitative estimate of drug-likeness (QED) is 0.784. The van der Waals surface area contributed by atoms with Crippen LogP contribution >= 0.6 is 0 Å². The number of carbonyl (C=O) groups is 1. The molecule has 3 nitrogen and oxygen atoms in total. The Kier molecular flexibility index (Phi) is 6.68. The van der Waals surface area contributed by atoms with Crippen molar-refractivity contribution < 1.29 is 22.7 Å². The van der Waals surface area contributed by atoms with E-state index in [9.17, 15) is 18.0 Å². The second-order valence-corrected chi connectivity index (χ2v) is 4.80. The molecule has 1 aromatic carbocycles. The van der Waals surface area contributed by atoms with Crippen LogP contribution < -0.4 is 5.32 Å². The maximum Gasteiger partial charge on any atom is 0.411 e. The Morgan fingerprint density at radius 2 is 1.90 bits per heavy atom. The van der Waals surface area contributed by atoms with Gasteiger partial charge in [-0.3, -0.25) is 4.79 Å². The van der Waals surface area contributed by atoms with Crippen molar-refractivity contribution in [2.24, 2.45) is 0 Å². The summed E-state index contributed by atoms with van der Waals surface area (Å²) in [7, 11) is 0. The lowest BCUT2D eigenvalue weighted by Gasteiger charge is -2.15. The molecule has 6 heteroatoms. The first-order valence-corrected chi connectivity index (χ1v) is 6.84. The minimum Gasteiger partial charge on any atom is -0.372 e. The number of amides is 1. The number of alkyl halides is 3. The summed E-state index contributed by atoms with van der Waals surface area (Å²) in [6.07, 6.45) is -3.50. The van der Waals surface area contributed by atoms with Crippen LogP contribution in [-0.4, -0.2) is 25.3 Å². The SMILES string of the molecule is CCc1ccc(C(C)NC(=O)CCOCC(F)(F)F)cc1. The number of aryl methyl sites for hydroxylation is 1. The van der Waals surface area contributed by atoms with Gasteiger partial charge < -0.3 is 10.1 Å². The number of halogens is 3. The molecule has 0 bridgehead atoms. The lowest BCUT2D eigenvalue weighted by molar-refractivity contribution is -0.174. The summed E-state index contributed by atoms with van der Waals surface area (Å²) in [6.45, 7) is 2.32. The average molecular weight is 303 g/mol. The van der Waals surface area contributed by atoms with Crippen LogP contribution in [0.3, 0.4) is 0 Å². The van der Waals surface area contributed by atoms with E-state index in [4.69, 9.17) is 0 Å². The molecule has 1 unspecified atom stereocenters. The highest BCUT2D eigenvalue weighted by atomic mass is 19.4. The molecule has 118 valence electrons. The Labute approximate surface area is 122 Å². The number of benzene rings is 1. The van der Waals surface area contributed by atoms with Gasteiger partial charge >= 0.3 is 6.18 Å². The summed E-state index contributed by atoms with van der Waals surface area (Å²) in [6, 6.07) is 7.66. The Balaban J connectivity index is 2.33. The van der Waals surface area contributed by atoms with Crippen LogP contribution in [0.1, 0.15) is 37.4 Å². The van der Waals surface area contributed by atoms with E-state index in [0.717, 1.165) is 12.0 Å². The van der Waals surface area contributed by atoms with E-state index in [-0.39, 0.29) is 25.0 Å². The summed E-state index contributed by atoms with van der Waals surface area (Å²) in [5.41, 5.74) is 2.16.